The van der Waals surface area contributed by atoms with Gasteiger partial charge < -0.3 is 18.9 Å². The summed E-state index contributed by atoms with van der Waals surface area (Å²) in [5, 5.41) is 4.76. The lowest BCUT2D eigenvalue weighted by Crippen LogP contribution is -2.24. The van der Waals surface area contributed by atoms with Gasteiger partial charge in [-0.3, -0.25) is 4.79 Å². The number of carbonyl (C=O) groups excluding carboxylic acids is 1. The number of carbonyl (C=O) groups is 1. The molecular formula is C23H24ClN3O4. The lowest BCUT2D eigenvalue weighted by Gasteiger charge is -2.16. The second kappa shape index (κ2) is 8.98. The summed E-state index contributed by atoms with van der Waals surface area (Å²) in [7, 11) is 1.59. The minimum absolute atomic E-state index is 0.0325. The Morgan fingerprint density at radius 3 is 2.77 bits per heavy atom. The molecule has 162 valence electrons. The highest BCUT2D eigenvalue weighted by molar-refractivity contribution is 6.31. The zero-order valence-electron chi connectivity index (χ0n) is 17.7. The van der Waals surface area contributed by atoms with Gasteiger partial charge in [-0.15, -0.1) is 0 Å². The van der Waals surface area contributed by atoms with Crippen molar-refractivity contribution in [1.29, 1.82) is 0 Å². The van der Waals surface area contributed by atoms with Gasteiger partial charge in [-0.1, -0.05) is 35.0 Å². The fraction of sp³-hybridized carbons (Fsp3) is 0.348. The molecule has 4 rings (SSSR count). The third kappa shape index (κ3) is 4.66. The molecular weight excluding hydrogens is 418 g/mol. The molecule has 0 radical (unpaired) electrons. The summed E-state index contributed by atoms with van der Waals surface area (Å²) in [4.78, 5) is 18.8. The molecule has 1 fully saturated rings. The van der Waals surface area contributed by atoms with E-state index in [1.54, 1.807) is 12.0 Å². The summed E-state index contributed by atoms with van der Waals surface area (Å²) in [6.07, 6.45) is 0.362. The van der Waals surface area contributed by atoms with Gasteiger partial charge in [0.25, 0.3) is 0 Å². The number of aromatic nitrogens is 2. The molecule has 0 bridgehead atoms. The summed E-state index contributed by atoms with van der Waals surface area (Å²) in [6.45, 7) is 4.88. The first kappa shape index (κ1) is 21.2. The lowest BCUT2D eigenvalue weighted by molar-refractivity contribution is -0.128. The molecule has 1 saturated heterocycles. The van der Waals surface area contributed by atoms with Crippen LogP contribution in [0.25, 0.3) is 11.4 Å². The number of amides is 1. The van der Waals surface area contributed by atoms with Crippen molar-refractivity contribution in [3.05, 3.63) is 58.9 Å². The van der Waals surface area contributed by atoms with Crippen molar-refractivity contribution in [2.75, 3.05) is 13.7 Å². The Hall–Kier alpha value is -3.06. The van der Waals surface area contributed by atoms with Gasteiger partial charge in [-0.25, -0.2) is 0 Å². The Labute approximate surface area is 185 Å². The fourth-order valence-corrected chi connectivity index (χ4v) is 3.79. The largest absolute Gasteiger partial charge is 0.493 e. The Bertz CT molecular complexity index is 1080. The third-order valence-electron chi connectivity index (χ3n) is 5.11. The molecule has 1 aliphatic rings. The van der Waals surface area contributed by atoms with Gasteiger partial charge in [0.05, 0.1) is 19.1 Å². The van der Waals surface area contributed by atoms with Crippen LogP contribution in [-0.2, 0) is 11.3 Å². The van der Waals surface area contributed by atoms with E-state index in [2.05, 4.69) is 10.1 Å². The van der Waals surface area contributed by atoms with Crippen LogP contribution in [0.1, 0.15) is 37.6 Å². The standard InChI is InChI=1S/C23H24ClN3O4/c1-14(2)30-19-9-8-15(10-20(19)29-3)22-25-23(31-26-22)17-11-21(28)27(13-17)12-16-6-4-5-7-18(16)24/h4-10,14,17H,11-13H2,1-3H3. The van der Waals surface area contributed by atoms with Crippen molar-refractivity contribution in [1.82, 2.24) is 15.0 Å². The normalized spacial score (nSPS) is 16.2. The summed E-state index contributed by atoms with van der Waals surface area (Å²) >= 11 is 6.24. The number of hydrogen-bond acceptors (Lipinski definition) is 6. The van der Waals surface area contributed by atoms with Crippen molar-refractivity contribution in [2.24, 2.45) is 0 Å². The van der Waals surface area contributed by atoms with E-state index >= 15 is 0 Å². The van der Waals surface area contributed by atoms with E-state index in [9.17, 15) is 4.79 Å². The van der Waals surface area contributed by atoms with E-state index < -0.39 is 0 Å². The Morgan fingerprint density at radius 1 is 1.23 bits per heavy atom. The van der Waals surface area contributed by atoms with Crippen LogP contribution in [0.15, 0.2) is 47.0 Å². The highest BCUT2D eigenvalue weighted by Gasteiger charge is 2.34. The van der Waals surface area contributed by atoms with Crippen LogP contribution in [0.3, 0.4) is 0 Å². The number of ether oxygens (including phenoxy) is 2. The lowest BCUT2D eigenvalue weighted by atomic mass is 10.1. The van der Waals surface area contributed by atoms with E-state index in [1.165, 1.54) is 0 Å². The van der Waals surface area contributed by atoms with E-state index in [-0.39, 0.29) is 17.9 Å². The average molecular weight is 442 g/mol. The first-order valence-electron chi connectivity index (χ1n) is 10.1. The highest BCUT2D eigenvalue weighted by atomic mass is 35.5. The van der Waals surface area contributed by atoms with Gasteiger partial charge in [0.2, 0.25) is 17.6 Å². The van der Waals surface area contributed by atoms with Gasteiger partial charge >= 0.3 is 0 Å². The molecule has 8 heteroatoms. The van der Waals surface area contributed by atoms with Crippen molar-refractivity contribution in [2.45, 2.75) is 38.8 Å². The molecule has 1 amide bonds. The zero-order valence-corrected chi connectivity index (χ0v) is 18.4. The molecule has 1 unspecified atom stereocenters. The summed E-state index contributed by atoms with van der Waals surface area (Å²) in [5.74, 6) is 2.04. The smallest absolute Gasteiger partial charge is 0.232 e. The molecule has 31 heavy (non-hydrogen) atoms. The van der Waals surface area contributed by atoms with Crippen molar-refractivity contribution in [3.8, 4) is 22.9 Å². The van der Waals surface area contributed by atoms with Crippen molar-refractivity contribution >= 4 is 17.5 Å². The summed E-state index contributed by atoms with van der Waals surface area (Å²) in [5.41, 5.74) is 1.67. The molecule has 0 saturated carbocycles. The van der Waals surface area contributed by atoms with Crippen molar-refractivity contribution in [3.63, 3.8) is 0 Å². The molecule has 1 aliphatic heterocycles. The van der Waals surface area contributed by atoms with Crippen molar-refractivity contribution < 1.29 is 18.8 Å². The molecule has 7 nitrogen and oxygen atoms in total. The van der Waals surface area contributed by atoms with E-state index in [0.29, 0.717) is 47.7 Å². The molecule has 0 spiro atoms. The van der Waals surface area contributed by atoms with Crippen LogP contribution >= 0.6 is 11.6 Å². The first-order valence-corrected chi connectivity index (χ1v) is 10.5. The topological polar surface area (TPSA) is 77.7 Å². The molecule has 3 aromatic rings. The second-order valence-corrected chi connectivity index (χ2v) is 8.16. The minimum Gasteiger partial charge on any atom is -0.493 e. The maximum Gasteiger partial charge on any atom is 0.232 e. The minimum atomic E-state index is -0.151. The zero-order chi connectivity index (χ0) is 22.0. The van der Waals surface area contributed by atoms with Gasteiger partial charge in [0.1, 0.15) is 0 Å². The summed E-state index contributed by atoms with van der Waals surface area (Å²) < 4.78 is 16.7. The van der Waals surface area contributed by atoms with Gasteiger partial charge in [0.15, 0.2) is 11.5 Å². The second-order valence-electron chi connectivity index (χ2n) is 7.76. The number of likely N-dealkylation sites (tertiary alicyclic amines) is 1. The first-order chi connectivity index (χ1) is 14.9. The highest BCUT2D eigenvalue weighted by Crippen LogP contribution is 2.34. The number of methoxy groups -OCH3 is 1. The predicted octanol–water partition coefficient (Wildman–Crippen LogP) is 4.70. The third-order valence-corrected chi connectivity index (χ3v) is 5.48. The maximum atomic E-state index is 12.5. The molecule has 1 atom stereocenters. The van der Waals surface area contributed by atoms with Crippen LogP contribution in [0.4, 0.5) is 0 Å². The van der Waals surface area contributed by atoms with Gasteiger partial charge in [-0.05, 0) is 43.7 Å². The average Bonchev–Trinajstić information content (AvgIpc) is 3.37. The van der Waals surface area contributed by atoms with Crippen LogP contribution in [0.5, 0.6) is 11.5 Å². The fourth-order valence-electron chi connectivity index (χ4n) is 3.60. The van der Waals surface area contributed by atoms with Gasteiger partial charge in [-0.2, -0.15) is 4.98 Å². The number of nitrogens with zero attached hydrogens (tertiary/aromatic N) is 3. The van der Waals surface area contributed by atoms with Crippen LogP contribution < -0.4 is 9.47 Å². The predicted molar refractivity (Wildman–Crippen MR) is 116 cm³/mol. The number of benzene rings is 2. The monoisotopic (exact) mass is 441 g/mol. The number of rotatable bonds is 7. The number of hydrogen-bond donors (Lipinski definition) is 0. The van der Waals surface area contributed by atoms with Crippen LogP contribution in [-0.4, -0.2) is 40.7 Å². The summed E-state index contributed by atoms with van der Waals surface area (Å²) in [6, 6.07) is 13.0. The molecule has 0 aliphatic carbocycles. The Balaban J connectivity index is 1.49. The Morgan fingerprint density at radius 2 is 2.03 bits per heavy atom. The molecule has 2 aromatic carbocycles. The molecule has 2 heterocycles. The van der Waals surface area contributed by atoms with Gasteiger partial charge in [0, 0.05) is 30.1 Å². The van der Waals surface area contributed by atoms with E-state index in [4.69, 9.17) is 25.6 Å². The van der Waals surface area contributed by atoms with Crippen LogP contribution in [0.2, 0.25) is 5.02 Å². The Kier molecular flexibility index (Phi) is 6.13. The quantitative estimate of drug-likeness (QED) is 0.528. The van der Waals surface area contributed by atoms with E-state index in [1.807, 2.05) is 56.3 Å². The van der Waals surface area contributed by atoms with E-state index in [0.717, 1.165) is 11.1 Å². The number of halogens is 1. The maximum absolute atomic E-state index is 12.5. The molecule has 0 N–H and O–H groups in total. The molecule has 1 aromatic heterocycles. The van der Waals surface area contributed by atoms with Crippen LogP contribution in [0, 0.1) is 0 Å². The SMILES string of the molecule is COc1cc(-c2noc(C3CC(=O)N(Cc4ccccc4Cl)C3)n2)ccc1OC(C)C.